The smallest absolute Gasteiger partial charge is 0.244 e. The lowest BCUT2D eigenvalue weighted by Gasteiger charge is -2.01. The number of nitrogens with one attached hydrogen (secondary N) is 1. The molecule has 0 spiro atoms. The maximum atomic E-state index is 5.38. The average molecular weight is 266 g/mol. The van der Waals surface area contributed by atoms with Gasteiger partial charge in [-0.3, -0.25) is 4.98 Å². The van der Waals surface area contributed by atoms with Crippen LogP contribution in [0.1, 0.15) is 24.8 Å². The van der Waals surface area contributed by atoms with Gasteiger partial charge in [-0.05, 0) is 43.7 Å². The number of pyridine rings is 1. The van der Waals surface area contributed by atoms with E-state index in [2.05, 4.69) is 20.4 Å². The minimum absolute atomic E-state index is 0.207. The van der Waals surface area contributed by atoms with Crippen molar-refractivity contribution in [2.24, 2.45) is 0 Å². The molecular weight excluding hydrogens is 252 g/mol. The standard InChI is InChI=1S/C15H14N4O/c1-3-10-9-11(5-6-12(10)16-7-1)14-18-15(20-19-14)13-4-2-8-17-13/h1,3,5-7,9,13,17H,2,4,8H2/t13-/m1/s1. The van der Waals surface area contributed by atoms with Crippen molar-refractivity contribution in [1.82, 2.24) is 20.4 Å². The molecule has 3 heterocycles. The molecular formula is C15H14N4O. The molecule has 5 heteroatoms. The fraction of sp³-hybridized carbons (Fsp3) is 0.267. The van der Waals surface area contributed by atoms with Crippen molar-refractivity contribution in [3.05, 3.63) is 42.4 Å². The summed E-state index contributed by atoms with van der Waals surface area (Å²) in [6.45, 7) is 1.02. The maximum Gasteiger partial charge on any atom is 0.244 e. The molecule has 0 radical (unpaired) electrons. The highest BCUT2D eigenvalue weighted by Crippen LogP contribution is 2.25. The van der Waals surface area contributed by atoms with Crippen molar-refractivity contribution in [3.63, 3.8) is 0 Å². The normalized spacial score (nSPS) is 18.7. The number of rotatable bonds is 2. The topological polar surface area (TPSA) is 63.8 Å². The van der Waals surface area contributed by atoms with E-state index < -0.39 is 0 Å². The van der Waals surface area contributed by atoms with E-state index >= 15 is 0 Å². The number of hydrogen-bond acceptors (Lipinski definition) is 5. The quantitative estimate of drug-likeness (QED) is 0.772. The van der Waals surface area contributed by atoms with E-state index in [0.717, 1.165) is 35.9 Å². The monoisotopic (exact) mass is 266 g/mol. The van der Waals surface area contributed by atoms with Crippen molar-refractivity contribution in [1.29, 1.82) is 0 Å². The van der Waals surface area contributed by atoms with E-state index in [4.69, 9.17) is 4.52 Å². The van der Waals surface area contributed by atoms with E-state index in [1.165, 1.54) is 0 Å². The van der Waals surface area contributed by atoms with Gasteiger partial charge in [0.1, 0.15) is 0 Å². The summed E-state index contributed by atoms with van der Waals surface area (Å²) < 4.78 is 5.38. The zero-order chi connectivity index (χ0) is 13.4. The largest absolute Gasteiger partial charge is 0.337 e. The van der Waals surface area contributed by atoms with Gasteiger partial charge in [0.15, 0.2) is 0 Å². The van der Waals surface area contributed by atoms with Gasteiger partial charge < -0.3 is 9.84 Å². The Labute approximate surface area is 116 Å². The third-order valence-corrected chi connectivity index (χ3v) is 3.66. The molecule has 1 aliphatic heterocycles. The molecule has 100 valence electrons. The van der Waals surface area contributed by atoms with Crippen LogP contribution < -0.4 is 5.32 Å². The number of hydrogen-bond donors (Lipinski definition) is 1. The fourth-order valence-corrected chi connectivity index (χ4v) is 2.60. The molecule has 20 heavy (non-hydrogen) atoms. The highest BCUT2D eigenvalue weighted by molar-refractivity contribution is 5.82. The van der Waals surface area contributed by atoms with Crippen LogP contribution in [-0.2, 0) is 0 Å². The van der Waals surface area contributed by atoms with E-state index in [1.807, 2.05) is 30.3 Å². The van der Waals surface area contributed by atoms with Gasteiger partial charge in [-0.2, -0.15) is 4.98 Å². The van der Waals surface area contributed by atoms with Gasteiger partial charge in [-0.1, -0.05) is 11.2 Å². The highest BCUT2D eigenvalue weighted by Gasteiger charge is 2.22. The Morgan fingerprint density at radius 3 is 3.15 bits per heavy atom. The molecule has 1 atom stereocenters. The first-order valence-corrected chi connectivity index (χ1v) is 6.82. The van der Waals surface area contributed by atoms with Gasteiger partial charge in [0.05, 0.1) is 11.6 Å². The molecule has 1 aromatic carbocycles. The van der Waals surface area contributed by atoms with Gasteiger partial charge in [-0.15, -0.1) is 0 Å². The minimum atomic E-state index is 0.207. The van der Waals surface area contributed by atoms with Gasteiger partial charge in [0.2, 0.25) is 11.7 Å². The lowest BCUT2D eigenvalue weighted by atomic mass is 10.1. The molecule has 0 unspecified atom stereocenters. The van der Waals surface area contributed by atoms with Crippen LogP contribution in [0.3, 0.4) is 0 Å². The van der Waals surface area contributed by atoms with Crippen LogP contribution in [0.2, 0.25) is 0 Å². The lowest BCUT2D eigenvalue weighted by Crippen LogP contribution is -2.12. The number of aromatic nitrogens is 3. The molecule has 0 bridgehead atoms. The van der Waals surface area contributed by atoms with Gasteiger partial charge in [-0.25, -0.2) is 0 Å². The lowest BCUT2D eigenvalue weighted by molar-refractivity contribution is 0.345. The predicted molar refractivity (Wildman–Crippen MR) is 75.0 cm³/mol. The first kappa shape index (κ1) is 11.5. The summed E-state index contributed by atoms with van der Waals surface area (Å²) in [5.74, 6) is 1.32. The van der Waals surface area contributed by atoms with Crippen molar-refractivity contribution >= 4 is 10.9 Å². The number of fused-ring (bicyclic) bond motifs is 1. The zero-order valence-corrected chi connectivity index (χ0v) is 10.9. The molecule has 0 aliphatic carbocycles. The van der Waals surface area contributed by atoms with Crippen LogP contribution in [0.25, 0.3) is 22.3 Å². The fourth-order valence-electron chi connectivity index (χ4n) is 2.60. The van der Waals surface area contributed by atoms with E-state index in [9.17, 15) is 0 Å². The Morgan fingerprint density at radius 2 is 2.25 bits per heavy atom. The van der Waals surface area contributed by atoms with Gasteiger partial charge in [0.25, 0.3) is 0 Å². The van der Waals surface area contributed by atoms with Crippen molar-refractivity contribution in [2.75, 3.05) is 6.54 Å². The summed E-state index contributed by atoms with van der Waals surface area (Å²) >= 11 is 0. The molecule has 1 aliphatic rings. The van der Waals surface area contributed by atoms with Crippen LogP contribution in [0, 0.1) is 0 Å². The SMILES string of the molecule is c1cnc2ccc(-c3noc([C@H]4CCCN4)n3)cc2c1. The predicted octanol–water partition coefficient (Wildman–Crippen LogP) is 2.71. The first-order valence-electron chi connectivity index (χ1n) is 6.82. The van der Waals surface area contributed by atoms with E-state index in [1.54, 1.807) is 6.20 Å². The minimum Gasteiger partial charge on any atom is -0.337 e. The molecule has 1 saturated heterocycles. The number of nitrogens with zero attached hydrogens (tertiary/aromatic N) is 3. The van der Waals surface area contributed by atoms with Gasteiger partial charge in [0, 0.05) is 17.1 Å². The molecule has 5 nitrogen and oxygen atoms in total. The summed E-state index contributed by atoms with van der Waals surface area (Å²) in [6, 6.07) is 10.2. The van der Waals surface area contributed by atoms with Crippen LogP contribution in [0.5, 0.6) is 0 Å². The average Bonchev–Trinajstić information content (AvgIpc) is 3.17. The molecule has 3 aromatic rings. The summed E-state index contributed by atoms with van der Waals surface area (Å²) in [5.41, 5.74) is 1.93. The van der Waals surface area contributed by atoms with Crippen LogP contribution >= 0.6 is 0 Å². The summed E-state index contributed by atoms with van der Waals surface area (Å²) in [5, 5.41) is 8.53. The van der Waals surface area contributed by atoms with E-state index in [-0.39, 0.29) is 6.04 Å². The summed E-state index contributed by atoms with van der Waals surface area (Å²) in [7, 11) is 0. The molecule has 1 N–H and O–H groups in total. The first-order chi connectivity index (χ1) is 9.90. The number of benzene rings is 1. The van der Waals surface area contributed by atoms with Crippen LogP contribution in [-0.4, -0.2) is 21.7 Å². The summed E-state index contributed by atoms with van der Waals surface area (Å²) in [4.78, 5) is 8.82. The van der Waals surface area contributed by atoms with E-state index in [0.29, 0.717) is 11.7 Å². The molecule has 2 aromatic heterocycles. The zero-order valence-electron chi connectivity index (χ0n) is 10.9. The maximum absolute atomic E-state index is 5.38. The second kappa shape index (κ2) is 4.68. The van der Waals surface area contributed by atoms with Crippen molar-refractivity contribution in [2.45, 2.75) is 18.9 Å². The Balaban J connectivity index is 1.71. The third kappa shape index (κ3) is 1.96. The Morgan fingerprint density at radius 1 is 1.25 bits per heavy atom. The Hall–Kier alpha value is -2.27. The second-order valence-corrected chi connectivity index (χ2v) is 5.02. The second-order valence-electron chi connectivity index (χ2n) is 5.02. The molecule has 0 saturated carbocycles. The van der Waals surface area contributed by atoms with Crippen LogP contribution in [0.15, 0.2) is 41.1 Å². The summed E-state index contributed by atoms with van der Waals surface area (Å²) in [6.07, 6.45) is 4.01. The van der Waals surface area contributed by atoms with Crippen molar-refractivity contribution < 1.29 is 4.52 Å². The molecule has 0 amide bonds. The Bertz CT molecular complexity index is 746. The molecule has 1 fully saturated rings. The Kier molecular flexibility index (Phi) is 2.70. The third-order valence-electron chi connectivity index (χ3n) is 3.66. The molecule has 4 rings (SSSR count). The van der Waals surface area contributed by atoms with Gasteiger partial charge >= 0.3 is 0 Å². The van der Waals surface area contributed by atoms with Crippen LogP contribution in [0.4, 0.5) is 0 Å². The highest BCUT2D eigenvalue weighted by atomic mass is 16.5. The van der Waals surface area contributed by atoms with Crippen molar-refractivity contribution in [3.8, 4) is 11.4 Å².